The Morgan fingerprint density at radius 2 is 2.18 bits per heavy atom. The minimum atomic E-state index is -0.306. The van der Waals surface area contributed by atoms with E-state index >= 15 is 0 Å². The first-order valence-corrected chi connectivity index (χ1v) is 5.55. The fourth-order valence-electron chi connectivity index (χ4n) is 1.41. The molecule has 1 aromatic rings. The molecule has 1 rings (SSSR count). The highest BCUT2D eigenvalue weighted by atomic mass is 16.5. The van der Waals surface area contributed by atoms with E-state index in [1.807, 2.05) is 6.92 Å². The van der Waals surface area contributed by atoms with Crippen LogP contribution in [0.15, 0.2) is 18.2 Å². The van der Waals surface area contributed by atoms with Gasteiger partial charge in [-0.1, -0.05) is 13.0 Å². The second kappa shape index (κ2) is 6.75. The Balaban J connectivity index is 2.62. The summed E-state index contributed by atoms with van der Waals surface area (Å²) in [6.07, 6.45) is 0. The van der Waals surface area contributed by atoms with Gasteiger partial charge in [0.2, 0.25) is 0 Å². The van der Waals surface area contributed by atoms with Gasteiger partial charge in [-0.25, -0.2) is 0 Å². The highest BCUT2D eigenvalue weighted by Gasteiger charge is 2.13. The molecule has 0 saturated heterocycles. The summed E-state index contributed by atoms with van der Waals surface area (Å²) in [7, 11) is 1.45. The molecule has 94 valence electrons. The number of nitrogens with one attached hydrogen (secondary N) is 2. The lowest BCUT2D eigenvalue weighted by molar-refractivity contribution is 0.0950. The minimum absolute atomic E-state index is 0.129. The number of carbonyl (C=O) groups excluding carboxylic acids is 1. The van der Waals surface area contributed by atoms with E-state index in [1.54, 1.807) is 18.2 Å². The summed E-state index contributed by atoms with van der Waals surface area (Å²) in [5.41, 5.74) is 0.223. The molecule has 0 atom stereocenters. The fraction of sp³-hybridized carbons (Fsp3) is 0.417. The second-order valence-corrected chi connectivity index (χ2v) is 3.47. The average molecular weight is 238 g/mol. The molecular formula is C12H18N2O3. The van der Waals surface area contributed by atoms with Crippen molar-refractivity contribution in [1.82, 2.24) is 10.6 Å². The number of ether oxygens (including phenoxy) is 1. The van der Waals surface area contributed by atoms with Gasteiger partial charge in [0.1, 0.15) is 0 Å². The number of likely N-dealkylation sites (N-methyl/N-ethyl adjacent to an activating group) is 1. The maximum atomic E-state index is 11.7. The average Bonchev–Trinajstić information content (AvgIpc) is 2.34. The molecule has 5 nitrogen and oxygen atoms in total. The van der Waals surface area contributed by atoms with Gasteiger partial charge in [-0.3, -0.25) is 4.79 Å². The number of hydrogen-bond acceptors (Lipinski definition) is 4. The van der Waals surface area contributed by atoms with Crippen molar-refractivity contribution in [2.45, 2.75) is 6.92 Å². The summed E-state index contributed by atoms with van der Waals surface area (Å²) in [6, 6.07) is 4.82. The highest BCUT2D eigenvalue weighted by Crippen LogP contribution is 2.28. The first-order chi connectivity index (χ1) is 8.20. The largest absolute Gasteiger partial charge is 0.504 e. The van der Waals surface area contributed by atoms with Gasteiger partial charge in [0.25, 0.3) is 5.91 Å². The maximum Gasteiger partial charge on any atom is 0.255 e. The molecular weight excluding hydrogens is 220 g/mol. The van der Waals surface area contributed by atoms with Crippen LogP contribution in [0, 0.1) is 0 Å². The summed E-state index contributed by atoms with van der Waals surface area (Å²) in [5, 5.41) is 15.6. The predicted molar refractivity (Wildman–Crippen MR) is 65.5 cm³/mol. The summed E-state index contributed by atoms with van der Waals surface area (Å²) >= 11 is 0. The Morgan fingerprint density at radius 3 is 2.82 bits per heavy atom. The Bertz CT molecular complexity index is 380. The fourth-order valence-corrected chi connectivity index (χ4v) is 1.41. The molecule has 0 aliphatic carbocycles. The van der Waals surface area contributed by atoms with Crippen LogP contribution in [0.5, 0.6) is 11.5 Å². The highest BCUT2D eigenvalue weighted by molar-refractivity contribution is 5.97. The van der Waals surface area contributed by atoms with Gasteiger partial charge in [0, 0.05) is 13.1 Å². The molecule has 0 fully saturated rings. The third-order valence-corrected chi connectivity index (χ3v) is 2.30. The molecule has 0 spiro atoms. The molecule has 1 amide bonds. The zero-order valence-corrected chi connectivity index (χ0v) is 10.1. The van der Waals surface area contributed by atoms with Crippen LogP contribution in [0.2, 0.25) is 0 Å². The SMILES string of the molecule is CCNCCNC(=O)c1cccc(OC)c1O. The normalized spacial score (nSPS) is 10.0. The van der Waals surface area contributed by atoms with Crippen LogP contribution < -0.4 is 15.4 Å². The number of para-hydroxylation sites is 1. The van der Waals surface area contributed by atoms with Gasteiger partial charge in [0.15, 0.2) is 11.5 Å². The molecule has 0 aromatic heterocycles. The van der Waals surface area contributed by atoms with Crippen LogP contribution in [0.25, 0.3) is 0 Å². The molecule has 5 heteroatoms. The number of carbonyl (C=O) groups is 1. The molecule has 0 saturated carbocycles. The topological polar surface area (TPSA) is 70.6 Å². The van der Waals surface area contributed by atoms with E-state index in [2.05, 4.69) is 10.6 Å². The van der Waals surface area contributed by atoms with Gasteiger partial charge in [-0.2, -0.15) is 0 Å². The van der Waals surface area contributed by atoms with E-state index < -0.39 is 0 Å². The molecule has 17 heavy (non-hydrogen) atoms. The van der Waals surface area contributed by atoms with Gasteiger partial charge < -0.3 is 20.5 Å². The predicted octanol–water partition coefficient (Wildman–Crippen LogP) is 0.740. The lowest BCUT2D eigenvalue weighted by atomic mass is 10.1. The Morgan fingerprint density at radius 1 is 1.41 bits per heavy atom. The quantitative estimate of drug-likeness (QED) is 0.639. The third-order valence-electron chi connectivity index (χ3n) is 2.30. The summed E-state index contributed by atoms with van der Waals surface area (Å²) in [5.74, 6) is -0.139. The monoisotopic (exact) mass is 238 g/mol. The van der Waals surface area contributed by atoms with Crippen LogP contribution in [0.1, 0.15) is 17.3 Å². The Labute approximate surface area is 101 Å². The van der Waals surface area contributed by atoms with Crippen LogP contribution in [0.4, 0.5) is 0 Å². The van der Waals surface area contributed by atoms with Crippen molar-refractivity contribution < 1.29 is 14.6 Å². The van der Waals surface area contributed by atoms with Crippen molar-refractivity contribution >= 4 is 5.91 Å². The number of phenols is 1. The third kappa shape index (κ3) is 3.64. The molecule has 0 bridgehead atoms. The second-order valence-electron chi connectivity index (χ2n) is 3.47. The zero-order chi connectivity index (χ0) is 12.7. The lowest BCUT2D eigenvalue weighted by Crippen LogP contribution is -2.31. The number of phenolic OH excluding ortho intramolecular Hbond substituents is 1. The summed E-state index contributed by atoms with van der Waals surface area (Å²) < 4.78 is 4.94. The lowest BCUT2D eigenvalue weighted by Gasteiger charge is -2.09. The van der Waals surface area contributed by atoms with E-state index in [-0.39, 0.29) is 17.2 Å². The van der Waals surface area contributed by atoms with E-state index in [0.717, 1.165) is 6.54 Å². The van der Waals surface area contributed by atoms with E-state index in [0.29, 0.717) is 18.8 Å². The van der Waals surface area contributed by atoms with Crippen molar-refractivity contribution in [3.05, 3.63) is 23.8 Å². The number of hydrogen-bond donors (Lipinski definition) is 3. The van der Waals surface area contributed by atoms with Crippen molar-refractivity contribution in [2.24, 2.45) is 0 Å². The van der Waals surface area contributed by atoms with Gasteiger partial charge in [0.05, 0.1) is 12.7 Å². The van der Waals surface area contributed by atoms with Crippen LogP contribution in [0.3, 0.4) is 0 Å². The van der Waals surface area contributed by atoms with Crippen LogP contribution in [-0.4, -0.2) is 37.8 Å². The molecule has 1 aromatic carbocycles. The molecule has 0 radical (unpaired) electrons. The standard InChI is InChI=1S/C12H18N2O3/c1-3-13-7-8-14-12(16)9-5-4-6-10(17-2)11(9)15/h4-6,13,15H,3,7-8H2,1-2H3,(H,14,16). The van der Waals surface area contributed by atoms with Gasteiger partial charge >= 0.3 is 0 Å². The number of benzene rings is 1. The van der Waals surface area contributed by atoms with E-state index in [9.17, 15) is 9.90 Å². The van der Waals surface area contributed by atoms with Crippen LogP contribution in [-0.2, 0) is 0 Å². The summed E-state index contributed by atoms with van der Waals surface area (Å²) in [6.45, 7) is 4.08. The van der Waals surface area contributed by atoms with E-state index in [1.165, 1.54) is 7.11 Å². The first kappa shape index (κ1) is 13.3. The smallest absolute Gasteiger partial charge is 0.255 e. The summed E-state index contributed by atoms with van der Waals surface area (Å²) in [4.78, 5) is 11.7. The van der Waals surface area contributed by atoms with Crippen LogP contribution >= 0.6 is 0 Å². The first-order valence-electron chi connectivity index (χ1n) is 5.55. The van der Waals surface area contributed by atoms with Gasteiger partial charge in [-0.15, -0.1) is 0 Å². The Hall–Kier alpha value is -1.75. The molecule has 0 aliphatic rings. The maximum absolute atomic E-state index is 11.7. The number of aromatic hydroxyl groups is 1. The van der Waals surface area contributed by atoms with Gasteiger partial charge in [-0.05, 0) is 18.7 Å². The zero-order valence-electron chi connectivity index (χ0n) is 10.1. The van der Waals surface area contributed by atoms with E-state index in [4.69, 9.17) is 4.74 Å². The molecule has 3 N–H and O–H groups in total. The molecule has 0 aliphatic heterocycles. The molecule has 0 unspecified atom stereocenters. The van der Waals surface area contributed by atoms with Crippen molar-refractivity contribution in [3.63, 3.8) is 0 Å². The number of methoxy groups -OCH3 is 1. The minimum Gasteiger partial charge on any atom is -0.504 e. The van der Waals surface area contributed by atoms with Crippen molar-refractivity contribution in [1.29, 1.82) is 0 Å². The van der Waals surface area contributed by atoms with Crippen molar-refractivity contribution in [3.8, 4) is 11.5 Å². The number of amides is 1. The number of rotatable bonds is 6. The Kier molecular flexibility index (Phi) is 5.29. The molecule has 0 heterocycles. The van der Waals surface area contributed by atoms with Crippen molar-refractivity contribution in [2.75, 3.05) is 26.7 Å².